The van der Waals surface area contributed by atoms with Crippen molar-refractivity contribution in [3.05, 3.63) is 53.1 Å². The molecule has 4 heteroatoms. The van der Waals surface area contributed by atoms with Gasteiger partial charge in [-0.1, -0.05) is 0 Å². The zero-order valence-electron chi connectivity index (χ0n) is 11.8. The van der Waals surface area contributed by atoms with Crippen molar-refractivity contribution in [1.82, 2.24) is 0 Å². The molecule has 0 aliphatic carbocycles. The Kier molecular flexibility index (Phi) is 3.94. The van der Waals surface area contributed by atoms with Gasteiger partial charge < -0.3 is 15.2 Å². The van der Waals surface area contributed by atoms with Gasteiger partial charge in [-0.3, -0.25) is 4.79 Å². The van der Waals surface area contributed by atoms with Gasteiger partial charge in [0.2, 0.25) is 0 Å². The van der Waals surface area contributed by atoms with Gasteiger partial charge in [-0.25, -0.2) is 0 Å². The van der Waals surface area contributed by atoms with E-state index < -0.39 is 0 Å². The molecule has 2 aromatic carbocycles. The fourth-order valence-electron chi connectivity index (χ4n) is 1.96. The molecule has 0 aromatic heterocycles. The van der Waals surface area contributed by atoms with Gasteiger partial charge in [0.1, 0.15) is 11.5 Å². The van der Waals surface area contributed by atoms with Gasteiger partial charge in [-0.05, 0) is 48.9 Å². The zero-order valence-corrected chi connectivity index (χ0v) is 11.8. The number of hydrogen-bond acceptors (Lipinski definition) is 4. The summed E-state index contributed by atoms with van der Waals surface area (Å²) in [6.45, 7) is 1.87. The Morgan fingerprint density at radius 3 is 2.40 bits per heavy atom. The van der Waals surface area contributed by atoms with Gasteiger partial charge in [-0.2, -0.15) is 0 Å². The van der Waals surface area contributed by atoms with Crippen LogP contribution in [0.4, 0.5) is 5.69 Å². The standard InChI is InChI=1S/C16H17NO3/c1-10-8-11(4-6-14(10)17)16(18)13-9-12(19-2)5-7-15(13)20-3/h4-9H,17H2,1-3H3. The van der Waals surface area contributed by atoms with Crippen LogP contribution in [0.25, 0.3) is 0 Å². The normalized spacial score (nSPS) is 10.2. The number of hydrogen-bond donors (Lipinski definition) is 1. The highest BCUT2D eigenvalue weighted by Crippen LogP contribution is 2.27. The molecule has 20 heavy (non-hydrogen) atoms. The smallest absolute Gasteiger partial charge is 0.196 e. The molecule has 104 valence electrons. The van der Waals surface area contributed by atoms with Crippen molar-refractivity contribution in [3.63, 3.8) is 0 Å². The van der Waals surface area contributed by atoms with Gasteiger partial charge in [-0.15, -0.1) is 0 Å². The monoisotopic (exact) mass is 271 g/mol. The van der Waals surface area contributed by atoms with Gasteiger partial charge in [0.25, 0.3) is 0 Å². The Morgan fingerprint density at radius 1 is 1.05 bits per heavy atom. The molecule has 0 fully saturated rings. The van der Waals surface area contributed by atoms with Gasteiger partial charge >= 0.3 is 0 Å². The average molecular weight is 271 g/mol. The molecule has 0 aliphatic rings. The lowest BCUT2D eigenvalue weighted by Gasteiger charge is -2.10. The third kappa shape index (κ3) is 2.59. The molecule has 0 heterocycles. The molecule has 0 saturated carbocycles. The molecule has 0 amide bonds. The summed E-state index contributed by atoms with van der Waals surface area (Å²) < 4.78 is 10.4. The maximum absolute atomic E-state index is 12.6. The summed E-state index contributed by atoms with van der Waals surface area (Å²) >= 11 is 0. The zero-order chi connectivity index (χ0) is 14.7. The van der Waals surface area contributed by atoms with Crippen LogP contribution < -0.4 is 15.2 Å². The van der Waals surface area contributed by atoms with Crippen LogP contribution in [0.2, 0.25) is 0 Å². The summed E-state index contributed by atoms with van der Waals surface area (Å²) in [4.78, 5) is 12.6. The lowest BCUT2D eigenvalue weighted by atomic mass is 10.00. The number of carbonyl (C=O) groups excluding carboxylic acids is 1. The predicted octanol–water partition coefficient (Wildman–Crippen LogP) is 2.83. The van der Waals surface area contributed by atoms with Crippen LogP contribution in [0.15, 0.2) is 36.4 Å². The molecular formula is C16H17NO3. The van der Waals surface area contributed by atoms with E-state index in [0.29, 0.717) is 28.3 Å². The summed E-state index contributed by atoms with van der Waals surface area (Å²) in [5.74, 6) is 1.01. The number of ether oxygens (including phenoxy) is 2. The van der Waals surface area contributed by atoms with Crippen molar-refractivity contribution in [1.29, 1.82) is 0 Å². The van der Waals surface area contributed by atoms with Crippen LogP contribution in [-0.2, 0) is 0 Å². The molecule has 0 unspecified atom stereocenters. The summed E-state index contributed by atoms with van der Waals surface area (Å²) in [6.07, 6.45) is 0. The highest BCUT2D eigenvalue weighted by molar-refractivity contribution is 6.11. The first-order valence-electron chi connectivity index (χ1n) is 6.19. The van der Waals surface area contributed by atoms with E-state index in [1.54, 1.807) is 43.5 Å². The van der Waals surface area contributed by atoms with Crippen LogP contribution in [0.5, 0.6) is 11.5 Å². The Labute approximate surface area is 118 Å². The van der Waals surface area contributed by atoms with Crippen LogP contribution in [0.1, 0.15) is 21.5 Å². The van der Waals surface area contributed by atoms with Crippen molar-refractivity contribution < 1.29 is 14.3 Å². The number of anilines is 1. The van der Waals surface area contributed by atoms with Crippen LogP contribution in [-0.4, -0.2) is 20.0 Å². The average Bonchev–Trinajstić information content (AvgIpc) is 2.48. The minimum Gasteiger partial charge on any atom is -0.497 e. The van der Waals surface area contributed by atoms with Crippen molar-refractivity contribution in [2.24, 2.45) is 0 Å². The molecule has 0 bridgehead atoms. The largest absolute Gasteiger partial charge is 0.497 e. The molecule has 0 saturated heterocycles. The highest BCUT2D eigenvalue weighted by Gasteiger charge is 2.16. The number of methoxy groups -OCH3 is 2. The minimum atomic E-state index is -0.121. The SMILES string of the molecule is COc1ccc(OC)c(C(=O)c2ccc(N)c(C)c2)c1. The Hall–Kier alpha value is -2.49. The second-order valence-corrected chi connectivity index (χ2v) is 4.47. The van der Waals surface area contributed by atoms with E-state index in [2.05, 4.69) is 0 Å². The quantitative estimate of drug-likeness (QED) is 0.686. The summed E-state index contributed by atoms with van der Waals surface area (Å²) in [7, 11) is 3.09. The fourth-order valence-corrected chi connectivity index (χ4v) is 1.96. The third-order valence-corrected chi connectivity index (χ3v) is 3.18. The highest BCUT2D eigenvalue weighted by atomic mass is 16.5. The van der Waals surface area contributed by atoms with Gasteiger partial charge in [0.05, 0.1) is 19.8 Å². The van der Waals surface area contributed by atoms with Crippen LogP contribution in [0, 0.1) is 6.92 Å². The van der Waals surface area contributed by atoms with Crippen molar-refractivity contribution in [3.8, 4) is 11.5 Å². The predicted molar refractivity (Wildman–Crippen MR) is 78.6 cm³/mol. The van der Waals surface area contributed by atoms with E-state index in [1.807, 2.05) is 6.92 Å². The van der Waals surface area contributed by atoms with Crippen molar-refractivity contribution in [2.75, 3.05) is 20.0 Å². The first kappa shape index (κ1) is 13.9. The Morgan fingerprint density at radius 2 is 1.80 bits per heavy atom. The van der Waals surface area contributed by atoms with Gasteiger partial charge in [0, 0.05) is 11.3 Å². The van der Waals surface area contributed by atoms with Crippen molar-refractivity contribution >= 4 is 11.5 Å². The number of benzene rings is 2. The van der Waals surface area contributed by atoms with E-state index in [4.69, 9.17) is 15.2 Å². The minimum absolute atomic E-state index is 0.121. The fraction of sp³-hybridized carbons (Fsp3) is 0.188. The van der Waals surface area contributed by atoms with E-state index in [9.17, 15) is 4.79 Å². The molecule has 2 N–H and O–H groups in total. The van der Waals surface area contributed by atoms with Gasteiger partial charge in [0.15, 0.2) is 5.78 Å². The van der Waals surface area contributed by atoms with E-state index in [-0.39, 0.29) is 5.78 Å². The third-order valence-electron chi connectivity index (χ3n) is 3.18. The molecule has 0 radical (unpaired) electrons. The summed E-state index contributed by atoms with van der Waals surface area (Å²) in [5.41, 5.74) is 8.35. The topological polar surface area (TPSA) is 61.5 Å². The lowest BCUT2D eigenvalue weighted by molar-refractivity contribution is 0.103. The van der Waals surface area contributed by atoms with E-state index in [1.165, 1.54) is 7.11 Å². The first-order valence-corrected chi connectivity index (χ1v) is 6.19. The number of aryl methyl sites for hydroxylation is 1. The second-order valence-electron chi connectivity index (χ2n) is 4.47. The summed E-state index contributed by atoms with van der Waals surface area (Å²) in [6, 6.07) is 10.4. The van der Waals surface area contributed by atoms with Crippen LogP contribution in [0.3, 0.4) is 0 Å². The second kappa shape index (κ2) is 5.65. The summed E-state index contributed by atoms with van der Waals surface area (Å²) in [5, 5.41) is 0. The number of nitrogens with two attached hydrogens (primary N) is 1. The molecule has 2 aromatic rings. The Bertz CT molecular complexity index is 650. The van der Waals surface area contributed by atoms with E-state index in [0.717, 1.165) is 5.56 Å². The maximum Gasteiger partial charge on any atom is 0.196 e. The molecule has 2 rings (SSSR count). The first-order chi connectivity index (χ1) is 9.56. The van der Waals surface area contributed by atoms with E-state index >= 15 is 0 Å². The number of rotatable bonds is 4. The molecule has 0 aliphatic heterocycles. The van der Waals surface area contributed by atoms with Crippen LogP contribution >= 0.6 is 0 Å². The Balaban J connectivity index is 2.48. The number of carbonyl (C=O) groups is 1. The molecule has 4 nitrogen and oxygen atoms in total. The van der Waals surface area contributed by atoms with Crippen molar-refractivity contribution in [2.45, 2.75) is 6.92 Å². The molecule has 0 atom stereocenters. The molecular weight excluding hydrogens is 254 g/mol. The lowest BCUT2D eigenvalue weighted by Crippen LogP contribution is -2.05. The molecule has 0 spiro atoms. The maximum atomic E-state index is 12.6. The number of ketones is 1. The number of nitrogen functional groups attached to an aromatic ring is 1.